The molecule has 1 aliphatic rings. The Hall–Kier alpha value is -0.590. The Bertz CT molecular complexity index is 438. The van der Waals surface area contributed by atoms with E-state index in [0.29, 0.717) is 28.1 Å². The summed E-state index contributed by atoms with van der Waals surface area (Å²) < 4.78 is 1.27. The van der Waals surface area contributed by atoms with Crippen molar-refractivity contribution in [2.75, 3.05) is 6.54 Å². The zero-order chi connectivity index (χ0) is 13.1. The summed E-state index contributed by atoms with van der Waals surface area (Å²) in [5, 5.41) is 15.6. The Morgan fingerprint density at radius 3 is 2.50 bits per heavy atom. The van der Waals surface area contributed by atoms with Gasteiger partial charge in [0.1, 0.15) is 5.75 Å². The first kappa shape index (κ1) is 13.8. The highest BCUT2D eigenvalue weighted by Gasteiger charge is 2.22. The Balaban J connectivity index is 1.80. The standard InChI is InChI=1S/C12H14Br2N2O2/c13-9-3-7(4-10(14)12(9)18)5-15-6-11(17)16-8-1-2-8/h3-4,8,15,18H,1-2,5-6H2,(H,16,17). The lowest BCUT2D eigenvalue weighted by atomic mass is 10.2. The summed E-state index contributed by atoms with van der Waals surface area (Å²) in [6.07, 6.45) is 2.20. The molecule has 2 rings (SSSR count). The van der Waals surface area contributed by atoms with Crippen LogP contribution >= 0.6 is 31.9 Å². The lowest BCUT2D eigenvalue weighted by Crippen LogP contribution is -2.34. The predicted molar refractivity (Wildman–Crippen MR) is 76.4 cm³/mol. The Kier molecular flexibility index (Phi) is 4.64. The van der Waals surface area contributed by atoms with Crippen LogP contribution in [0.3, 0.4) is 0 Å². The second kappa shape index (κ2) is 6.04. The van der Waals surface area contributed by atoms with Gasteiger partial charge < -0.3 is 15.7 Å². The number of halogens is 2. The molecule has 0 atom stereocenters. The van der Waals surface area contributed by atoms with Crippen molar-refractivity contribution in [3.8, 4) is 5.75 Å². The fraction of sp³-hybridized carbons (Fsp3) is 0.417. The Morgan fingerprint density at radius 1 is 1.33 bits per heavy atom. The molecule has 0 bridgehead atoms. The molecular weight excluding hydrogens is 364 g/mol. The number of hydrogen-bond acceptors (Lipinski definition) is 3. The first-order chi connectivity index (χ1) is 8.56. The zero-order valence-corrected chi connectivity index (χ0v) is 12.8. The summed E-state index contributed by atoms with van der Waals surface area (Å²) in [5.41, 5.74) is 0.991. The van der Waals surface area contributed by atoms with Crippen molar-refractivity contribution in [3.05, 3.63) is 26.6 Å². The number of amides is 1. The van der Waals surface area contributed by atoms with Crippen LogP contribution in [0.5, 0.6) is 5.75 Å². The molecule has 1 saturated carbocycles. The first-order valence-corrected chi connectivity index (χ1v) is 7.32. The highest BCUT2D eigenvalue weighted by atomic mass is 79.9. The van der Waals surface area contributed by atoms with E-state index in [1.54, 1.807) is 0 Å². The number of carbonyl (C=O) groups is 1. The van der Waals surface area contributed by atoms with Gasteiger partial charge >= 0.3 is 0 Å². The molecule has 1 amide bonds. The Morgan fingerprint density at radius 2 is 1.94 bits per heavy atom. The van der Waals surface area contributed by atoms with Crippen LogP contribution in [0, 0.1) is 0 Å². The van der Waals surface area contributed by atoms with E-state index < -0.39 is 0 Å². The third kappa shape index (κ3) is 3.96. The molecule has 18 heavy (non-hydrogen) atoms. The van der Waals surface area contributed by atoms with Gasteiger partial charge in [-0.25, -0.2) is 0 Å². The van der Waals surface area contributed by atoms with Crippen LogP contribution in [0.2, 0.25) is 0 Å². The van der Waals surface area contributed by atoms with Crippen molar-refractivity contribution in [1.29, 1.82) is 0 Å². The highest BCUT2D eigenvalue weighted by Crippen LogP contribution is 2.33. The van der Waals surface area contributed by atoms with Crippen LogP contribution < -0.4 is 10.6 Å². The molecule has 6 heteroatoms. The van der Waals surface area contributed by atoms with Crippen LogP contribution in [-0.2, 0) is 11.3 Å². The fourth-order valence-electron chi connectivity index (χ4n) is 1.55. The highest BCUT2D eigenvalue weighted by molar-refractivity contribution is 9.11. The van der Waals surface area contributed by atoms with E-state index in [1.165, 1.54) is 0 Å². The van der Waals surface area contributed by atoms with Crippen LogP contribution in [0.15, 0.2) is 21.1 Å². The van der Waals surface area contributed by atoms with E-state index >= 15 is 0 Å². The molecule has 3 N–H and O–H groups in total. The molecule has 0 aliphatic heterocycles. The smallest absolute Gasteiger partial charge is 0.234 e. The number of hydrogen-bond donors (Lipinski definition) is 3. The molecular formula is C12H14Br2N2O2. The minimum Gasteiger partial charge on any atom is -0.506 e. The number of rotatable bonds is 5. The summed E-state index contributed by atoms with van der Waals surface area (Å²) in [7, 11) is 0. The fourth-order valence-corrected chi connectivity index (χ4v) is 2.83. The second-order valence-electron chi connectivity index (χ2n) is 4.35. The van der Waals surface area contributed by atoms with Crippen molar-refractivity contribution < 1.29 is 9.90 Å². The van der Waals surface area contributed by atoms with Gasteiger partial charge in [-0.05, 0) is 62.4 Å². The van der Waals surface area contributed by atoms with Gasteiger partial charge in [-0.3, -0.25) is 4.79 Å². The molecule has 1 aliphatic carbocycles. The van der Waals surface area contributed by atoms with Crippen LogP contribution in [0.1, 0.15) is 18.4 Å². The molecule has 1 aromatic rings. The maximum Gasteiger partial charge on any atom is 0.234 e. The summed E-state index contributed by atoms with van der Waals surface area (Å²) in [5.74, 6) is 0.222. The number of phenolic OH excluding ortho intramolecular Hbond substituents is 1. The third-order valence-electron chi connectivity index (χ3n) is 2.63. The van der Waals surface area contributed by atoms with E-state index in [0.717, 1.165) is 18.4 Å². The van der Waals surface area contributed by atoms with E-state index in [-0.39, 0.29) is 11.7 Å². The quantitative estimate of drug-likeness (QED) is 0.737. The number of benzene rings is 1. The van der Waals surface area contributed by atoms with Crippen LogP contribution in [-0.4, -0.2) is 23.6 Å². The normalized spacial score (nSPS) is 14.6. The number of phenols is 1. The predicted octanol–water partition coefficient (Wildman–Crippen LogP) is 2.29. The van der Waals surface area contributed by atoms with E-state index in [1.807, 2.05) is 12.1 Å². The van der Waals surface area contributed by atoms with Crippen molar-refractivity contribution in [3.63, 3.8) is 0 Å². The first-order valence-electron chi connectivity index (χ1n) is 5.73. The zero-order valence-electron chi connectivity index (χ0n) is 9.67. The molecule has 0 heterocycles. The van der Waals surface area contributed by atoms with Gasteiger partial charge in [-0.15, -0.1) is 0 Å². The average Bonchev–Trinajstić information content (AvgIpc) is 3.09. The summed E-state index contributed by atoms with van der Waals surface area (Å²) in [6, 6.07) is 4.05. The maximum absolute atomic E-state index is 11.4. The summed E-state index contributed by atoms with van der Waals surface area (Å²) in [6.45, 7) is 0.891. The molecule has 0 aromatic heterocycles. The van der Waals surface area contributed by atoms with Crippen LogP contribution in [0.25, 0.3) is 0 Å². The van der Waals surface area contributed by atoms with Gasteiger partial charge in [0.2, 0.25) is 5.91 Å². The lowest BCUT2D eigenvalue weighted by molar-refractivity contribution is -0.120. The number of carbonyl (C=O) groups excluding carboxylic acids is 1. The van der Waals surface area contributed by atoms with Crippen molar-refractivity contribution >= 4 is 37.8 Å². The van der Waals surface area contributed by atoms with Crippen LogP contribution in [0.4, 0.5) is 0 Å². The van der Waals surface area contributed by atoms with Gasteiger partial charge in [-0.2, -0.15) is 0 Å². The van der Waals surface area contributed by atoms with Crippen molar-refractivity contribution in [2.45, 2.75) is 25.4 Å². The molecule has 0 unspecified atom stereocenters. The van der Waals surface area contributed by atoms with Gasteiger partial charge in [0.15, 0.2) is 0 Å². The minimum atomic E-state index is 0.0365. The second-order valence-corrected chi connectivity index (χ2v) is 6.06. The maximum atomic E-state index is 11.4. The average molecular weight is 378 g/mol. The molecule has 1 aromatic carbocycles. The summed E-state index contributed by atoms with van der Waals surface area (Å²) >= 11 is 6.54. The van der Waals surface area contributed by atoms with Crippen molar-refractivity contribution in [1.82, 2.24) is 10.6 Å². The van der Waals surface area contributed by atoms with E-state index in [4.69, 9.17) is 0 Å². The SMILES string of the molecule is O=C(CNCc1cc(Br)c(O)c(Br)c1)NC1CC1. The van der Waals surface area contributed by atoms with Crippen molar-refractivity contribution in [2.24, 2.45) is 0 Å². The minimum absolute atomic E-state index is 0.0365. The molecule has 98 valence electrons. The van der Waals surface area contributed by atoms with E-state index in [2.05, 4.69) is 42.5 Å². The molecule has 1 fully saturated rings. The number of aromatic hydroxyl groups is 1. The molecule has 0 spiro atoms. The molecule has 0 saturated heterocycles. The number of nitrogens with one attached hydrogen (secondary N) is 2. The third-order valence-corrected chi connectivity index (χ3v) is 3.84. The van der Waals surface area contributed by atoms with E-state index in [9.17, 15) is 9.90 Å². The topological polar surface area (TPSA) is 61.4 Å². The lowest BCUT2D eigenvalue weighted by Gasteiger charge is -2.08. The Labute approximate surface area is 122 Å². The largest absolute Gasteiger partial charge is 0.506 e. The molecule has 4 nitrogen and oxygen atoms in total. The summed E-state index contributed by atoms with van der Waals surface area (Å²) in [4.78, 5) is 11.4. The van der Waals surface area contributed by atoms with Gasteiger partial charge in [-0.1, -0.05) is 0 Å². The van der Waals surface area contributed by atoms with Gasteiger partial charge in [0.05, 0.1) is 15.5 Å². The van der Waals surface area contributed by atoms with Gasteiger partial charge in [0.25, 0.3) is 0 Å². The monoisotopic (exact) mass is 376 g/mol. The van der Waals surface area contributed by atoms with Gasteiger partial charge in [0, 0.05) is 12.6 Å². The molecule has 0 radical (unpaired) electrons.